The minimum absolute atomic E-state index is 0.0320. The van der Waals surface area contributed by atoms with Crippen molar-refractivity contribution in [3.05, 3.63) is 0 Å². The Labute approximate surface area is 121 Å². The van der Waals surface area contributed by atoms with Gasteiger partial charge in [-0.05, 0) is 46.0 Å². The Kier molecular flexibility index (Phi) is 3.58. The van der Waals surface area contributed by atoms with E-state index < -0.39 is 34.8 Å². The molecule has 1 aliphatic carbocycles. The van der Waals surface area contributed by atoms with Crippen LogP contribution in [-0.2, 0) is 14.3 Å². The van der Waals surface area contributed by atoms with Crippen LogP contribution in [0.5, 0.6) is 0 Å². The molecule has 5 nitrogen and oxygen atoms in total. The number of likely N-dealkylation sites (tertiary alicyclic amines) is 1. The fourth-order valence-electron chi connectivity index (χ4n) is 2.86. The Morgan fingerprint density at radius 2 is 1.57 bits per heavy atom. The maximum absolute atomic E-state index is 14.1. The van der Waals surface area contributed by atoms with Crippen molar-refractivity contribution in [3.63, 3.8) is 0 Å². The highest BCUT2D eigenvalue weighted by Crippen LogP contribution is 2.42. The molecule has 1 aliphatic heterocycles. The molecule has 7 heteroatoms. The van der Waals surface area contributed by atoms with E-state index in [4.69, 9.17) is 4.74 Å². The summed E-state index contributed by atoms with van der Waals surface area (Å²) in [4.78, 5) is 35.8. The molecule has 0 radical (unpaired) electrons. The third-order valence-electron chi connectivity index (χ3n) is 4.74. The highest BCUT2D eigenvalue weighted by Gasteiger charge is 2.69. The second kappa shape index (κ2) is 4.74. The zero-order valence-electron chi connectivity index (χ0n) is 12.4. The summed E-state index contributed by atoms with van der Waals surface area (Å²) in [5, 5.41) is 0. The second-order valence-corrected chi connectivity index (χ2v) is 6.06. The number of hydrogen-bond donors (Lipinski definition) is 0. The number of amides is 3. The fourth-order valence-corrected chi connectivity index (χ4v) is 2.86. The average Bonchev–Trinajstić information content (AvgIpc) is 2.90. The molecule has 1 saturated heterocycles. The smallest absolute Gasteiger partial charge is 0.424 e. The number of nitrogens with zero attached hydrogens (tertiary/aromatic N) is 1. The lowest BCUT2D eigenvalue weighted by Gasteiger charge is -2.29. The zero-order chi connectivity index (χ0) is 16.1. The first-order valence-corrected chi connectivity index (χ1v) is 7.09. The van der Waals surface area contributed by atoms with Crippen LogP contribution >= 0.6 is 0 Å². The van der Waals surface area contributed by atoms with Crippen LogP contribution in [0, 0.1) is 0 Å². The van der Waals surface area contributed by atoms with E-state index in [2.05, 4.69) is 0 Å². The molecule has 2 rings (SSSR count). The Balaban J connectivity index is 2.24. The monoisotopic (exact) mass is 303 g/mol. The van der Waals surface area contributed by atoms with E-state index in [1.807, 2.05) is 6.92 Å². The van der Waals surface area contributed by atoms with Gasteiger partial charge in [0.15, 0.2) is 0 Å². The molecule has 118 valence electrons. The van der Waals surface area contributed by atoms with Crippen molar-refractivity contribution in [2.24, 2.45) is 0 Å². The summed E-state index contributed by atoms with van der Waals surface area (Å²) in [7, 11) is 0. The average molecular weight is 303 g/mol. The molecule has 2 unspecified atom stereocenters. The molecular weight excluding hydrogens is 284 g/mol. The number of carbonyl (C=O) groups excluding carboxylic acids is 3. The standard InChI is InChI=1S/C14H19F2NO4/c1-4-14(7-5-6-8-14)21-11(20)17-9(18)12(2,15)13(3,16)10(17)19/h4-8H2,1-3H3. The highest BCUT2D eigenvalue weighted by molar-refractivity contribution is 6.21. The lowest BCUT2D eigenvalue weighted by molar-refractivity contribution is -0.141. The third kappa shape index (κ3) is 2.13. The van der Waals surface area contributed by atoms with Crippen LogP contribution in [0.15, 0.2) is 0 Å². The molecule has 0 aromatic heterocycles. The Morgan fingerprint density at radius 3 is 1.95 bits per heavy atom. The number of rotatable bonds is 2. The van der Waals surface area contributed by atoms with Crippen molar-refractivity contribution in [2.45, 2.75) is 69.8 Å². The molecule has 0 N–H and O–H groups in total. The molecule has 2 aliphatic rings. The number of alkyl halides is 2. The molecule has 21 heavy (non-hydrogen) atoms. The highest BCUT2D eigenvalue weighted by atomic mass is 19.2. The molecule has 1 saturated carbocycles. The van der Waals surface area contributed by atoms with Crippen LogP contribution in [0.1, 0.15) is 52.9 Å². The SMILES string of the molecule is CCC1(OC(=O)N2C(=O)C(C)(F)C(C)(F)C2=O)CCCC1. The van der Waals surface area contributed by atoms with Crippen LogP contribution in [0.4, 0.5) is 13.6 Å². The van der Waals surface area contributed by atoms with Crippen molar-refractivity contribution in [1.82, 2.24) is 4.90 Å². The van der Waals surface area contributed by atoms with Crippen molar-refractivity contribution in [2.75, 3.05) is 0 Å². The van der Waals surface area contributed by atoms with Crippen LogP contribution < -0.4 is 0 Å². The Morgan fingerprint density at radius 1 is 1.14 bits per heavy atom. The van der Waals surface area contributed by atoms with E-state index in [0.29, 0.717) is 33.1 Å². The lowest BCUT2D eigenvalue weighted by Crippen LogP contribution is -2.45. The van der Waals surface area contributed by atoms with Crippen LogP contribution in [0.2, 0.25) is 0 Å². The topological polar surface area (TPSA) is 63.7 Å². The molecule has 0 aromatic carbocycles. The van der Waals surface area contributed by atoms with Gasteiger partial charge in [0, 0.05) is 0 Å². The molecule has 0 aromatic rings. The first-order chi connectivity index (χ1) is 9.59. The summed E-state index contributed by atoms with van der Waals surface area (Å²) in [6.07, 6.45) is 2.21. The molecule has 0 spiro atoms. The third-order valence-corrected chi connectivity index (χ3v) is 4.74. The van der Waals surface area contributed by atoms with Crippen molar-refractivity contribution >= 4 is 17.9 Å². The van der Waals surface area contributed by atoms with Crippen molar-refractivity contribution in [1.29, 1.82) is 0 Å². The van der Waals surface area contributed by atoms with Gasteiger partial charge in [0.05, 0.1) is 0 Å². The van der Waals surface area contributed by atoms with Gasteiger partial charge in [-0.2, -0.15) is 4.90 Å². The van der Waals surface area contributed by atoms with Crippen LogP contribution in [-0.4, -0.2) is 39.7 Å². The zero-order valence-corrected chi connectivity index (χ0v) is 12.4. The minimum atomic E-state index is -3.07. The predicted octanol–water partition coefficient (Wildman–Crippen LogP) is 2.67. The van der Waals surface area contributed by atoms with E-state index in [1.165, 1.54) is 0 Å². The van der Waals surface area contributed by atoms with Gasteiger partial charge in [0.1, 0.15) is 5.60 Å². The number of imide groups is 3. The molecule has 2 atom stereocenters. The largest absolute Gasteiger partial charge is 0.442 e. The van der Waals surface area contributed by atoms with E-state index in [9.17, 15) is 23.2 Å². The Hall–Kier alpha value is -1.53. The minimum Gasteiger partial charge on any atom is -0.442 e. The number of ether oxygens (including phenoxy) is 1. The van der Waals surface area contributed by atoms with Crippen LogP contribution in [0.3, 0.4) is 0 Å². The van der Waals surface area contributed by atoms with Gasteiger partial charge in [0.25, 0.3) is 11.8 Å². The van der Waals surface area contributed by atoms with Gasteiger partial charge in [-0.3, -0.25) is 9.59 Å². The second-order valence-electron chi connectivity index (χ2n) is 6.06. The van der Waals surface area contributed by atoms with Gasteiger partial charge in [-0.1, -0.05) is 6.92 Å². The molecule has 2 fully saturated rings. The van der Waals surface area contributed by atoms with Gasteiger partial charge < -0.3 is 4.74 Å². The van der Waals surface area contributed by atoms with Gasteiger partial charge in [-0.15, -0.1) is 0 Å². The summed E-state index contributed by atoms with van der Waals surface area (Å²) in [6, 6.07) is 0. The maximum atomic E-state index is 14.1. The lowest BCUT2D eigenvalue weighted by atomic mass is 9.92. The van der Waals surface area contributed by atoms with Gasteiger partial charge >= 0.3 is 6.09 Å². The van der Waals surface area contributed by atoms with Gasteiger partial charge in [0.2, 0.25) is 11.3 Å². The first-order valence-electron chi connectivity index (χ1n) is 7.09. The molecule has 3 amide bonds. The van der Waals surface area contributed by atoms with Crippen LogP contribution in [0.25, 0.3) is 0 Å². The summed E-state index contributed by atoms with van der Waals surface area (Å²) in [5.41, 5.74) is -6.89. The number of hydrogen-bond acceptors (Lipinski definition) is 4. The predicted molar refractivity (Wildman–Crippen MR) is 68.9 cm³/mol. The van der Waals surface area contributed by atoms with Crippen molar-refractivity contribution in [3.8, 4) is 0 Å². The summed E-state index contributed by atoms with van der Waals surface area (Å²) < 4.78 is 33.6. The maximum Gasteiger partial charge on any atom is 0.424 e. The summed E-state index contributed by atoms with van der Waals surface area (Å²) in [6.45, 7) is 3.14. The van der Waals surface area contributed by atoms with Crippen molar-refractivity contribution < 1.29 is 27.9 Å². The molecular formula is C14H19F2NO4. The summed E-state index contributed by atoms with van der Waals surface area (Å²) >= 11 is 0. The normalized spacial score (nSPS) is 35.4. The first kappa shape index (κ1) is 15.9. The van der Waals surface area contributed by atoms with E-state index in [-0.39, 0.29) is 4.90 Å². The summed E-state index contributed by atoms with van der Waals surface area (Å²) in [5.74, 6) is -3.02. The number of halogens is 2. The quantitative estimate of drug-likeness (QED) is 0.736. The molecule has 1 heterocycles. The van der Waals surface area contributed by atoms with E-state index in [0.717, 1.165) is 12.8 Å². The van der Waals surface area contributed by atoms with E-state index in [1.54, 1.807) is 0 Å². The molecule has 0 bridgehead atoms. The Bertz CT molecular complexity index is 469. The number of carbonyl (C=O) groups is 3. The van der Waals surface area contributed by atoms with Gasteiger partial charge in [-0.25, -0.2) is 13.6 Å². The fraction of sp³-hybridized carbons (Fsp3) is 0.786. The van der Waals surface area contributed by atoms with E-state index >= 15 is 0 Å².